The van der Waals surface area contributed by atoms with Gasteiger partial charge in [0.25, 0.3) is 0 Å². The number of benzene rings is 3. The quantitative estimate of drug-likeness (QED) is 0.339. The van der Waals surface area contributed by atoms with Crippen LogP contribution in [0.5, 0.6) is 0 Å². The van der Waals surface area contributed by atoms with Crippen molar-refractivity contribution in [2.45, 2.75) is 6.54 Å². The number of hydrogen-bond donors (Lipinski definition) is 0. The van der Waals surface area contributed by atoms with E-state index in [1.807, 2.05) is 6.20 Å². The maximum Gasteiger partial charge on any atom is 0.0709 e. The molecule has 192 valence electrons. The molecule has 0 atom stereocenters. The van der Waals surface area contributed by atoms with E-state index in [0.29, 0.717) is 0 Å². The molecule has 0 saturated carbocycles. The first-order chi connectivity index (χ1) is 18.8. The minimum atomic E-state index is 0.962. The standard InChI is InChI=1S/C32H34N6/c1-3-8-27(9-4-1)35-18-16-34(17-19-35)24-26-25-38(31-14-13-30-29(32(26)31)12-7-15-33-30)37-22-20-36(21-23-37)28-10-5-2-6-11-28/h1-15,25H,16-24H2. The van der Waals surface area contributed by atoms with E-state index in [4.69, 9.17) is 0 Å². The summed E-state index contributed by atoms with van der Waals surface area (Å²) in [6.07, 6.45) is 4.30. The normalized spacial score (nSPS) is 17.0. The van der Waals surface area contributed by atoms with Gasteiger partial charge in [-0.15, -0.1) is 0 Å². The van der Waals surface area contributed by atoms with Gasteiger partial charge in [0.2, 0.25) is 0 Å². The van der Waals surface area contributed by atoms with Crippen molar-refractivity contribution in [3.63, 3.8) is 0 Å². The van der Waals surface area contributed by atoms with Crippen LogP contribution in [0.3, 0.4) is 0 Å². The van der Waals surface area contributed by atoms with Gasteiger partial charge in [0.1, 0.15) is 0 Å². The minimum absolute atomic E-state index is 0.962. The number of anilines is 2. The monoisotopic (exact) mass is 502 g/mol. The van der Waals surface area contributed by atoms with Gasteiger partial charge in [-0.25, -0.2) is 0 Å². The molecule has 2 aliphatic rings. The lowest BCUT2D eigenvalue weighted by atomic mass is 10.1. The molecule has 4 heterocycles. The summed E-state index contributed by atoms with van der Waals surface area (Å²) in [5.74, 6) is 0. The number of nitrogens with zero attached hydrogens (tertiary/aromatic N) is 6. The zero-order valence-corrected chi connectivity index (χ0v) is 21.8. The Morgan fingerprint density at radius 3 is 1.89 bits per heavy atom. The van der Waals surface area contributed by atoms with Crippen LogP contribution in [0, 0.1) is 0 Å². The zero-order valence-electron chi connectivity index (χ0n) is 21.8. The minimum Gasteiger partial charge on any atom is -0.369 e. The highest BCUT2D eigenvalue weighted by Crippen LogP contribution is 2.31. The molecule has 0 radical (unpaired) electrons. The van der Waals surface area contributed by atoms with Crippen molar-refractivity contribution >= 4 is 33.2 Å². The van der Waals surface area contributed by atoms with Gasteiger partial charge in [0.05, 0.1) is 24.1 Å². The van der Waals surface area contributed by atoms with Crippen LogP contribution in [0.4, 0.5) is 11.4 Å². The summed E-state index contributed by atoms with van der Waals surface area (Å²) >= 11 is 0. The smallest absolute Gasteiger partial charge is 0.0709 e. The van der Waals surface area contributed by atoms with Gasteiger partial charge in [-0.05, 0) is 48.0 Å². The molecule has 0 amide bonds. The van der Waals surface area contributed by atoms with Crippen LogP contribution in [0.15, 0.2) is 97.3 Å². The topological polar surface area (TPSA) is 30.8 Å². The number of para-hydroxylation sites is 2. The van der Waals surface area contributed by atoms with Gasteiger partial charge in [0.15, 0.2) is 0 Å². The van der Waals surface area contributed by atoms with E-state index in [0.717, 1.165) is 64.4 Å². The van der Waals surface area contributed by atoms with Crippen LogP contribution in [0.25, 0.3) is 21.8 Å². The second-order valence-electron chi connectivity index (χ2n) is 10.4. The number of pyridine rings is 1. The predicted molar refractivity (Wildman–Crippen MR) is 158 cm³/mol. The highest BCUT2D eigenvalue weighted by molar-refractivity contribution is 6.07. The first-order valence-electron chi connectivity index (χ1n) is 13.8. The van der Waals surface area contributed by atoms with E-state index < -0.39 is 0 Å². The number of aromatic nitrogens is 2. The lowest BCUT2D eigenvalue weighted by molar-refractivity contribution is 0.250. The average Bonchev–Trinajstić information content (AvgIpc) is 3.37. The van der Waals surface area contributed by atoms with Crippen LogP contribution < -0.4 is 14.8 Å². The summed E-state index contributed by atoms with van der Waals surface area (Å²) < 4.78 is 2.43. The van der Waals surface area contributed by atoms with Gasteiger partial charge < -0.3 is 14.8 Å². The molecular weight excluding hydrogens is 468 g/mol. The first-order valence-corrected chi connectivity index (χ1v) is 13.8. The van der Waals surface area contributed by atoms with Gasteiger partial charge in [-0.3, -0.25) is 14.6 Å². The SMILES string of the molecule is c1ccc(N2CCN(Cc3cn(N4CCN(c5ccccc5)CC4)c4ccc5ncccc5c34)CC2)cc1. The molecule has 0 N–H and O–H groups in total. The van der Waals surface area contributed by atoms with Crippen molar-refractivity contribution in [3.05, 3.63) is 103 Å². The summed E-state index contributed by atoms with van der Waals surface area (Å²) in [4.78, 5) is 12.3. The molecule has 2 saturated heterocycles. The van der Waals surface area contributed by atoms with Gasteiger partial charge in [-0.2, -0.15) is 0 Å². The molecule has 2 aliphatic heterocycles. The van der Waals surface area contributed by atoms with E-state index >= 15 is 0 Å². The molecule has 0 unspecified atom stereocenters. The molecular formula is C32H34N6. The summed E-state index contributed by atoms with van der Waals surface area (Å²) in [6.45, 7) is 9.27. The van der Waals surface area contributed by atoms with Crippen LogP contribution in [0.1, 0.15) is 5.56 Å². The average molecular weight is 503 g/mol. The van der Waals surface area contributed by atoms with E-state index in [1.165, 1.54) is 33.2 Å². The molecule has 3 aromatic carbocycles. The molecule has 5 aromatic rings. The molecule has 38 heavy (non-hydrogen) atoms. The molecule has 7 rings (SSSR count). The Kier molecular flexibility index (Phi) is 6.10. The fourth-order valence-electron chi connectivity index (χ4n) is 6.16. The Morgan fingerprint density at radius 1 is 0.605 bits per heavy atom. The molecule has 0 spiro atoms. The molecule has 2 fully saturated rings. The Balaban J connectivity index is 1.16. The van der Waals surface area contributed by atoms with Crippen LogP contribution in [-0.4, -0.2) is 66.9 Å². The Morgan fingerprint density at radius 2 is 1.24 bits per heavy atom. The third kappa shape index (κ3) is 4.35. The summed E-state index contributed by atoms with van der Waals surface area (Å²) in [7, 11) is 0. The largest absolute Gasteiger partial charge is 0.369 e. The third-order valence-electron chi connectivity index (χ3n) is 8.18. The molecule has 0 bridgehead atoms. The zero-order chi connectivity index (χ0) is 25.3. The maximum atomic E-state index is 4.68. The van der Waals surface area contributed by atoms with Crippen LogP contribution in [-0.2, 0) is 6.54 Å². The summed E-state index contributed by atoms with van der Waals surface area (Å²) in [6, 6.07) is 30.3. The number of piperazine rings is 2. The van der Waals surface area contributed by atoms with Crippen molar-refractivity contribution in [2.24, 2.45) is 0 Å². The Bertz CT molecular complexity index is 1510. The summed E-state index contributed by atoms with van der Waals surface area (Å²) in [5, 5.41) is 5.12. The van der Waals surface area contributed by atoms with E-state index in [1.54, 1.807) is 0 Å². The van der Waals surface area contributed by atoms with E-state index in [9.17, 15) is 0 Å². The van der Waals surface area contributed by atoms with Crippen molar-refractivity contribution in [1.29, 1.82) is 0 Å². The van der Waals surface area contributed by atoms with Gasteiger partial charge >= 0.3 is 0 Å². The molecule has 6 heteroatoms. The predicted octanol–water partition coefficient (Wildman–Crippen LogP) is 4.97. The first kappa shape index (κ1) is 23.1. The lowest BCUT2D eigenvalue weighted by Gasteiger charge is -2.38. The molecule has 6 nitrogen and oxygen atoms in total. The highest BCUT2D eigenvalue weighted by Gasteiger charge is 2.23. The van der Waals surface area contributed by atoms with E-state index in [-0.39, 0.29) is 0 Å². The van der Waals surface area contributed by atoms with Crippen molar-refractivity contribution in [1.82, 2.24) is 14.6 Å². The molecule has 2 aromatic heterocycles. The van der Waals surface area contributed by atoms with Gasteiger partial charge in [0, 0.05) is 80.4 Å². The number of fused-ring (bicyclic) bond motifs is 3. The third-order valence-corrected chi connectivity index (χ3v) is 8.18. The fraction of sp³-hybridized carbons (Fsp3) is 0.281. The van der Waals surface area contributed by atoms with Crippen molar-refractivity contribution in [3.8, 4) is 0 Å². The highest BCUT2D eigenvalue weighted by atomic mass is 15.6. The van der Waals surface area contributed by atoms with Crippen molar-refractivity contribution < 1.29 is 0 Å². The number of rotatable bonds is 5. The van der Waals surface area contributed by atoms with Crippen LogP contribution >= 0.6 is 0 Å². The Hall–Kier alpha value is -4.03. The fourth-order valence-corrected chi connectivity index (χ4v) is 6.16. The van der Waals surface area contributed by atoms with Crippen molar-refractivity contribution in [2.75, 3.05) is 67.2 Å². The molecule has 0 aliphatic carbocycles. The summed E-state index contributed by atoms with van der Waals surface area (Å²) in [5.41, 5.74) is 6.41. The number of hydrogen-bond acceptors (Lipinski definition) is 5. The Labute approximate surface area is 224 Å². The second-order valence-corrected chi connectivity index (χ2v) is 10.4. The van der Waals surface area contributed by atoms with Crippen LogP contribution in [0.2, 0.25) is 0 Å². The lowest BCUT2D eigenvalue weighted by Crippen LogP contribution is -2.51. The maximum absolute atomic E-state index is 4.68. The van der Waals surface area contributed by atoms with E-state index in [2.05, 4.69) is 120 Å². The van der Waals surface area contributed by atoms with Gasteiger partial charge in [-0.1, -0.05) is 42.5 Å². The second kappa shape index (κ2) is 10.0.